The Bertz CT molecular complexity index is 366. The average Bonchev–Trinajstić information content (AvgIpc) is 2.25. The minimum absolute atomic E-state index is 0.205. The zero-order chi connectivity index (χ0) is 12.9. The van der Waals surface area contributed by atoms with Gasteiger partial charge in [-0.05, 0) is 46.0 Å². The van der Waals surface area contributed by atoms with E-state index >= 15 is 0 Å². The van der Waals surface area contributed by atoms with Crippen LogP contribution in [0.5, 0.6) is 0 Å². The summed E-state index contributed by atoms with van der Waals surface area (Å²) in [7, 11) is 1.74. The van der Waals surface area contributed by atoms with Crippen molar-refractivity contribution in [3.63, 3.8) is 0 Å². The second-order valence-corrected chi connectivity index (χ2v) is 5.85. The second kappa shape index (κ2) is 6.26. The maximum absolute atomic E-state index is 5.70. The highest BCUT2D eigenvalue weighted by Crippen LogP contribution is 2.27. The zero-order valence-electron chi connectivity index (χ0n) is 10.7. The normalized spacial score (nSPS) is 11.5. The number of halogens is 1. The van der Waals surface area contributed by atoms with Gasteiger partial charge in [0.25, 0.3) is 0 Å². The minimum atomic E-state index is 0.205. The number of hydrogen-bond donors (Lipinski definition) is 2. The van der Waals surface area contributed by atoms with Gasteiger partial charge >= 0.3 is 0 Å². The molecular weight excluding hydrogens is 280 g/mol. The zero-order valence-corrected chi connectivity index (χ0v) is 12.3. The van der Waals surface area contributed by atoms with Crippen LogP contribution in [0.25, 0.3) is 0 Å². The summed E-state index contributed by atoms with van der Waals surface area (Å²) in [6.45, 7) is 6.14. The lowest BCUT2D eigenvalue weighted by molar-refractivity contribution is 0.157. The third-order valence-corrected chi connectivity index (χ3v) is 3.39. The van der Waals surface area contributed by atoms with Gasteiger partial charge in [-0.3, -0.25) is 0 Å². The van der Waals surface area contributed by atoms with Crippen molar-refractivity contribution in [3.05, 3.63) is 22.7 Å². The number of anilines is 2. The predicted molar refractivity (Wildman–Crippen MR) is 77.3 cm³/mol. The molecular formula is C13H21BrN2O. The van der Waals surface area contributed by atoms with Gasteiger partial charge in [0.2, 0.25) is 0 Å². The molecule has 0 heterocycles. The highest BCUT2D eigenvalue weighted by molar-refractivity contribution is 9.10. The molecule has 0 fully saturated rings. The SMILES string of the molecule is COCCC(C)(C)CNc1ccc(N)cc1Br. The van der Waals surface area contributed by atoms with Crippen LogP contribution in [0.4, 0.5) is 11.4 Å². The summed E-state index contributed by atoms with van der Waals surface area (Å²) in [6.07, 6.45) is 1.03. The van der Waals surface area contributed by atoms with E-state index in [1.54, 1.807) is 7.11 Å². The lowest BCUT2D eigenvalue weighted by atomic mass is 9.89. The molecule has 3 nitrogen and oxygen atoms in total. The summed E-state index contributed by atoms with van der Waals surface area (Å²) in [5, 5.41) is 3.43. The summed E-state index contributed by atoms with van der Waals surface area (Å²) in [5.74, 6) is 0. The fourth-order valence-electron chi connectivity index (χ4n) is 1.48. The van der Waals surface area contributed by atoms with Crippen molar-refractivity contribution in [2.75, 3.05) is 31.3 Å². The van der Waals surface area contributed by atoms with E-state index in [2.05, 4.69) is 35.1 Å². The highest BCUT2D eigenvalue weighted by atomic mass is 79.9. The molecule has 0 radical (unpaired) electrons. The first-order valence-corrected chi connectivity index (χ1v) is 6.52. The average molecular weight is 301 g/mol. The molecule has 1 aromatic carbocycles. The Morgan fingerprint density at radius 1 is 1.41 bits per heavy atom. The summed E-state index contributed by atoms with van der Waals surface area (Å²) < 4.78 is 6.12. The molecule has 3 N–H and O–H groups in total. The minimum Gasteiger partial charge on any atom is -0.399 e. The molecule has 0 spiro atoms. The number of hydrogen-bond acceptors (Lipinski definition) is 3. The molecule has 4 heteroatoms. The molecule has 0 atom stereocenters. The monoisotopic (exact) mass is 300 g/mol. The molecule has 96 valence electrons. The van der Waals surface area contributed by atoms with Gasteiger partial charge in [0.15, 0.2) is 0 Å². The molecule has 0 amide bonds. The fraction of sp³-hybridized carbons (Fsp3) is 0.538. The molecule has 1 rings (SSSR count). The standard InChI is InChI=1S/C13H21BrN2O/c1-13(2,6-7-17-3)9-16-12-5-4-10(15)8-11(12)14/h4-5,8,16H,6-7,9,15H2,1-3H3. The van der Waals surface area contributed by atoms with Crippen LogP contribution < -0.4 is 11.1 Å². The largest absolute Gasteiger partial charge is 0.399 e. The molecule has 1 aromatic rings. The van der Waals surface area contributed by atoms with Gasteiger partial charge in [-0.1, -0.05) is 13.8 Å². The van der Waals surface area contributed by atoms with E-state index in [9.17, 15) is 0 Å². The summed E-state index contributed by atoms with van der Waals surface area (Å²) in [4.78, 5) is 0. The van der Waals surface area contributed by atoms with E-state index < -0.39 is 0 Å². The number of methoxy groups -OCH3 is 1. The number of benzene rings is 1. The van der Waals surface area contributed by atoms with Gasteiger partial charge in [-0.25, -0.2) is 0 Å². The third-order valence-electron chi connectivity index (χ3n) is 2.73. The first-order chi connectivity index (χ1) is 7.94. The van der Waals surface area contributed by atoms with Gasteiger partial charge in [0.1, 0.15) is 0 Å². The van der Waals surface area contributed by atoms with Gasteiger partial charge in [0, 0.05) is 36.1 Å². The van der Waals surface area contributed by atoms with Crippen molar-refractivity contribution in [2.45, 2.75) is 20.3 Å². The Morgan fingerprint density at radius 3 is 2.71 bits per heavy atom. The van der Waals surface area contributed by atoms with Crippen LogP contribution in [0.2, 0.25) is 0 Å². The molecule has 0 saturated carbocycles. The van der Waals surface area contributed by atoms with Crippen LogP contribution in [0.1, 0.15) is 20.3 Å². The van der Waals surface area contributed by atoms with Crippen LogP contribution >= 0.6 is 15.9 Å². The number of nitrogens with two attached hydrogens (primary N) is 1. The Kier molecular flexibility index (Phi) is 5.28. The number of rotatable bonds is 6. The third kappa shape index (κ3) is 4.96. The number of ether oxygens (including phenoxy) is 1. The van der Waals surface area contributed by atoms with Crippen molar-refractivity contribution in [3.8, 4) is 0 Å². The van der Waals surface area contributed by atoms with Gasteiger partial charge in [-0.15, -0.1) is 0 Å². The van der Waals surface area contributed by atoms with E-state index in [0.717, 1.165) is 35.4 Å². The molecule has 0 unspecified atom stereocenters. The van der Waals surface area contributed by atoms with Gasteiger partial charge in [-0.2, -0.15) is 0 Å². The summed E-state index contributed by atoms with van der Waals surface area (Å²) in [5.41, 5.74) is 7.74. The van der Waals surface area contributed by atoms with Crippen molar-refractivity contribution in [2.24, 2.45) is 5.41 Å². The quantitative estimate of drug-likeness (QED) is 0.791. The Balaban J connectivity index is 2.54. The summed E-state index contributed by atoms with van der Waals surface area (Å²) >= 11 is 3.50. The van der Waals surface area contributed by atoms with E-state index in [-0.39, 0.29) is 5.41 Å². The molecule has 0 bridgehead atoms. The summed E-state index contributed by atoms with van der Waals surface area (Å²) in [6, 6.07) is 5.80. The van der Waals surface area contributed by atoms with E-state index in [1.807, 2.05) is 18.2 Å². The Labute approximate surface area is 112 Å². The first kappa shape index (κ1) is 14.3. The van der Waals surface area contributed by atoms with Crippen molar-refractivity contribution < 1.29 is 4.74 Å². The van der Waals surface area contributed by atoms with Crippen LogP contribution in [0, 0.1) is 5.41 Å². The fourth-order valence-corrected chi connectivity index (χ4v) is 2.01. The smallest absolute Gasteiger partial charge is 0.0486 e. The lowest BCUT2D eigenvalue weighted by Gasteiger charge is -2.25. The topological polar surface area (TPSA) is 47.3 Å². The van der Waals surface area contributed by atoms with E-state index in [4.69, 9.17) is 10.5 Å². The molecule has 0 aliphatic rings. The highest BCUT2D eigenvalue weighted by Gasteiger charge is 2.17. The first-order valence-electron chi connectivity index (χ1n) is 5.72. The Hall–Kier alpha value is -0.740. The Morgan fingerprint density at radius 2 is 2.12 bits per heavy atom. The van der Waals surface area contributed by atoms with Gasteiger partial charge in [0.05, 0.1) is 0 Å². The maximum atomic E-state index is 5.70. The predicted octanol–water partition coefficient (Wildman–Crippen LogP) is 3.51. The molecule has 0 aliphatic heterocycles. The lowest BCUT2D eigenvalue weighted by Crippen LogP contribution is -2.24. The second-order valence-electron chi connectivity index (χ2n) is 5.00. The van der Waals surface area contributed by atoms with Crippen molar-refractivity contribution >= 4 is 27.3 Å². The van der Waals surface area contributed by atoms with Crippen LogP contribution in [0.3, 0.4) is 0 Å². The van der Waals surface area contributed by atoms with Crippen molar-refractivity contribution in [1.82, 2.24) is 0 Å². The van der Waals surface area contributed by atoms with E-state index in [0.29, 0.717) is 0 Å². The van der Waals surface area contributed by atoms with Crippen LogP contribution in [-0.4, -0.2) is 20.3 Å². The van der Waals surface area contributed by atoms with Gasteiger partial charge < -0.3 is 15.8 Å². The molecule has 0 aliphatic carbocycles. The number of nitrogen functional groups attached to an aromatic ring is 1. The van der Waals surface area contributed by atoms with E-state index in [1.165, 1.54) is 0 Å². The number of nitrogens with one attached hydrogen (secondary N) is 1. The maximum Gasteiger partial charge on any atom is 0.0486 e. The molecule has 17 heavy (non-hydrogen) atoms. The van der Waals surface area contributed by atoms with Crippen molar-refractivity contribution in [1.29, 1.82) is 0 Å². The molecule has 0 saturated heterocycles. The van der Waals surface area contributed by atoms with Crippen LogP contribution in [0.15, 0.2) is 22.7 Å². The molecule has 0 aromatic heterocycles. The van der Waals surface area contributed by atoms with Crippen LogP contribution in [-0.2, 0) is 4.74 Å².